The Kier molecular flexibility index (Phi) is 7.82. The van der Waals surface area contributed by atoms with Crippen LogP contribution in [-0.2, 0) is 0 Å². The van der Waals surface area contributed by atoms with E-state index in [2.05, 4.69) is 36.1 Å². The smallest absolute Gasteiger partial charge is 0.0597 e. The van der Waals surface area contributed by atoms with Crippen molar-refractivity contribution in [1.82, 2.24) is 15.1 Å². The van der Waals surface area contributed by atoms with E-state index >= 15 is 0 Å². The van der Waals surface area contributed by atoms with E-state index in [1.165, 1.54) is 25.9 Å². The van der Waals surface area contributed by atoms with Gasteiger partial charge in [0.2, 0.25) is 0 Å². The molecule has 1 atom stereocenters. The predicted octanol–water partition coefficient (Wildman–Crippen LogP) is 0.621. The zero-order valence-corrected chi connectivity index (χ0v) is 12.4. The van der Waals surface area contributed by atoms with Gasteiger partial charge in [-0.15, -0.1) is 0 Å². The first-order valence-electron chi connectivity index (χ1n) is 7.37. The second-order valence-electron chi connectivity index (χ2n) is 5.80. The van der Waals surface area contributed by atoms with E-state index in [4.69, 9.17) is 0 Å². The van der Waals surface area contributed by atoms with Gasteiger partial charge in [-0.1, -0.05) is 6.92 Å². The van der Waals surface area contributed by atoms with Crippen molar-refractivity contribution < 1.29 is 5.11 Å². The second-order valence-corrected chi connectivity index (χ2v) is 5.80. The van der Waals surface area contributed by atoms with Crippen LogP contribution >= 0.6 is 0 Å². The van der Waals surface area contributed by atoms with Crippen LogP contribution in [0.3, 0.4) is 0 Å². The van der Waals surface area contributed by atoms with Crippen LogP contribution in [0.15, 0.2) is 0 Å². The first kappa shape index (κ1) is 15.9. The van der Waals surface area contributed by atoms with Gasteiger partial charge in [0.25, 0.3) is 0 Å². The van der Waals surface area contributed by atoms with Crippen molar-refractivity contribution in [2.45, 2.75) is 32.2 Å². The van der Waals surface area contributed by atoms with Crippen molar-refractivity contribution in [3.63, 3.8) is 0 Å². The Hall–Kier alpha value is -0.160. The summed E-state index contributed by atoms with van der Waals surface area (Å²) in [4.78, 5) is 4.79. The highest BCUT2D eigenvalue weighted by molar-refractivity contribution is 4.75. The van der Waals surface area contributed by atoms with Gasteiger partial charge >= 0.3 is 0 Å². The van der Waals surface area contributed by atoms with E-state index < -0.39 is 0 Å². The molecular weight excluding hydrogens is 226 g/mol. The highest BCUT2D eigenvalue weighted by Crippen LogP contribution is 2.16. The van der Waals surface area contributed by atoms with Gasteiger partial charge in [-0.2, -0.15) is 0 Å². The van der Waals surface area contributed by atoms with Crippen molar-refractivity contribution in [1.29, 1.82) is 0 Å². The number of nitrogens with zero attached hydrogens (tertiary/aromatic N) is 2. The molecule has 0 aliphatic carbocycles. The molecule has 1 fully saturated rings. The van der Waals surface area contributed by atoms with Crippen molar-refractivity contribution in [2.24, 2.45) is 5.92 Å². The molecule has 1 heterocycles. The SMILES string of the molecule is CCCNC(CO)CN(C)CC1CCN(C)CC1. The van der Waals surface area contributed by atoms with Crippen molar-refractivity contribution in [3.05, 3.63) is 0 Å². The minimum Gasteiger partial charge on any atom is -0.395 e. The van der Waals surface area contributed by atoms with Gasteiger partial charge in [-0.25, -0.2) is 0 Å². The predicted molar refractivity (Wildman–Crippen MR) is 76.9 cm³/mol. The molecule has 108 valence electrons. The number of hydrogen-bond donors (Lipinski definition) is 2. The van der Waals surface area contributed by atoms with Crippen molar-refractivity contribution in [2.75, 3.05) is 53.4 Å². The summed E-state index contributed by atoms with van der Waals surface area (Å²) < 4.78 is 0. The molecule has 1 rings (SSSR count). The number of piperidine rings is 1. The number of aliphatic hydroxyl groups is 1. The van der Waals surface area contributed by atoms with Crippen LogP contribution in [0.5, 0.6) is 0 Å². The van der Waals surface area contributed by atoms with Gasteiger partial charge in [0.1, 0.15) is 0 Å². The number of aliphatic hydroxyl groups excluding tert-OH is 1. The molecule has 4 heteroatoms. The molecule has 0 aromatic carbocycles. The van der Waals surface area contributed by atoms with Gasteiger partial charge in [-0.3, -0.25) is 0 Å². The topological polar surface area (TPSA) is 38.7 Å². The maximum atomic E-state index is 9.35. The van der Waals surface area contributed by atoms with Gasteiger partial charge in [0, 0.05) is 19.1 Å². The molecule has 2 N–H and O–H groups in total. The minimum atomic E-state index is 0.223. The summed E-state index contributed by atoms with van der Waals surface area (Å²) in [5.41, 5.74) is 0. The highest BCUT2D eigenvalue weighted by atomic mass is 16.3. The maximum Gasteiger partial charge on any atom is 0.0597 e. The summed E-state index contributed by atoms with van der Waals surface area (Å²) >= 11 is 0. The van der Waals surface area contributed by atoms with Crippen LogP contribution in [0.25, 0.3) is 0 Å². The van der Waals surface area contributed by atoms with E-state index in [-0.39, 0.29) is 12.6 Å². The molecule has 0 spiro atoms. The quantitative estimate of drug-likeness (QED) is 0.669. The fourth-order valence-electron chi connectivity index (χ4n) is 2.67. The first-order chi connectivity index (χ1) is 8.65. The molecule has 18 heavy (non-hydrogen) atoms. The van der Waals surface area contributed by atoms with Crippen molar-refractivity contribution in [3.8, 4) is 0 Å². The van der Waals surface area contributed by atoms with E-state index in [0.29, 0.717) is 0 Å². The molecule has 0 saturated carbocycles. The van der Waals surface area contributed by atoms with E-state index in [9.17, 15) is 5.11 Å². The van der Waals surface area contributed by atoms with Crippen LogP contribution in [0.2, 0.25) is 0 Å². The summed E-state index contributed by atoms with van der Waals surface area (Å²) in [5, 5.41) is 12.7. The standard InChI is InChI=1S/C14H31N3O/c1-4-7-15-14(12-18)11-17(3)10-13-5-8-16(2)9-6-13/h13-15,18H,4-12H2,1-3H3. The zero-order valence-electron chi connectivity index (χ0n) is 12.4. The molecule has 0 radical (unpaired) electrons. The summed E-state index contributed by atoms with van der Waals surface area (Å²) in [5.74, 6) is 0.830. The third-order valence-corrected chi connectivity index (χ3v) is 3.84. The fourth-order valence-corrected chi connectivity index (χ4v) is 2.67. The third-order valence-electron chi connectivity index (χ3n) is 3.84. The summed E-state index contributed by atoms with van der Waals surface area (Å²) in [7, 11) is 4.38. The molecule has 4 nitrogen and oxygen atoms in total. The Bertz CT molecular complexity index is 198. The van der Waals surface area contributed by atoms with Crippen LogP contribution < -0.4 is 5.32 Å². The zero-order chi connectivity index (χ0) is 13.4. The van der Waals surface area contributed by atoms with Crippen molar-refractivity contribution >= 4 is 0 Å². The lowest BCUT2D eigenvalue weighted by Gasteiger charge is -2.32. The molecule has 0 aromatic heterocycles. The number of rotatable bonds is 8. The Balaban J connectivity index is 2.20. The fraction of sp³-hybridized carbons (Fsp3) is 1.00. The third kappa shape index (κ3) is 6.14. The molecule has 0 amide bonds. The number of nitrogens with one attached hydrogen (secondary N) is 1. The molecule has 1 saturated heterocycles. The Labute approximate surface area is 112 Å². The van der Waals surface area contributed by atoms with Gasteiger partial charge < -0.3 is 20.2 Å². The lowest BCUT2D eigenvalue weighted by atomic mass is 9.96. The van der Waals surface area contributed by atoms with Gasteiger partial charge in [0.15, 0.2) is 0 Å². The van der Waals surface area contributed by atoms with Crippen LogP contribution in [0.4, 0.5) is 0 Å². The Morgan fingerprint density at radius 2 is 2.06 bits per heavy atom. The molecule has 0 bridgehead atoms. The normalized spacial score (nSPS) is 20.5. The molecule has 0 aromatic rings. The van der Waals surface area contributed by atoms with Crippen LogP contribution in [0.1, 0.15) is 26.2 Å². The average Bonchev–Trinajstić information content (AvgIpc) is 2.37. The second kappa shape index (κ2) is 8.86. The monoisotopic (exact) mass is 257 g/mol. The average molecular weight is 257 g/mol. The van der Waals surface area contributed by atoms with E-state index in [1.807, 2.05) is 0 Å². The Morgan fingerprint density at radius 1 is 1.39 bits per heavy atom. The van der Waals surface area contributed by atoms with Gasteiger partial charge in [0.05, 0.1) is 6.61 Å². The van der Waals surface area contributed by atoms with Crippen LogP contribution in [0, 0.1) is 5.92 Å². The van der Waals surface area contributed by atoms with Crippen LogP contribution in [-0.4, -0.2) is 74.4 Å². The number of likely N-dealkylation sites (N-methyl/N-ethyl adjacent to an activating group) is 1. The summed E-state index contributed by atoms with van der Waals surface area (Å²) in [6.45, 7) is 7.96. The number of hydrogen-bond acceptors (Lipinski definition) is 4. The summed E-state index contributed by atoms with van der Waals surface area (Å²) in [6, 6.07) is 0.223. The minimum absolute atomic E-state index is 0.223. The molecule has 1 aliphatic rings. The summed E-state index contributed by atoms with van der Waals surface area (Å²) in [6.07, 6.45) is 3.75. The van der Waals surface area contributed by atoms with Gasteiger partial charge in [-0.05, 0) is 58.9 Å². The lowest BCUT2D eigenvalue weighted by molar-refractivity contribution is 0.153. The Morgan fingerprint density at radius 3 is 2.61 bits per heavy atom. The molecule has 1 aliphatic heterocycles. The first-order valence-corrected chi connectivity index (χ1v) is 7.37. The molecule has 1 unspecified atom stereocenters. The number of likely N-dealkylation sites (tertiary alicyclic amines) is 1. The largest absolute Gasteiger partial charge is 0.395 e. The lowest BCUT2D eigenvalue weighted by Crippen LogP contribution is -2.44. The highest BCUT2D eigenvalue weighted by Gasteiger charge is 2.19. The maximum absolute atomic E-state index is 9.35. The van der Waals surface area contributed by atoms with E-state index in [1.54, 1.807) is 0 Å². The molecular formula is C14H31N3O. The van der Waals surface area contributed by atoms with E-state index in [0.717, 1.165) is 32.0 Å².